The van der Waals surface area contributed by atoms with Gasteiger partial charge in [-0.25, -0.2) is 4.79 Å². The van der Waals surface area contributed by atoms with Crippen LogP contribution in [0.5, 0.6) is 5.75 Å². The van der Waals surface area contributed by atoms with Crippen molar-refractivity contribution in [1.82, 2.24) is 25.3 Å². The highest BCUT2D eigenvalue weighted by Crippen LogP contribution is 2.25. The Bertz CT molecular complexity index is 1380. The first kappa shape index (κ1) is 38.3. The van der Waals surface area contributed by atoms with Crippen LogP contribution in [0.15, 0.2) is 52.7 Å². The number of carbonyl (C=O) groups excluding carboxylic acids is 5. The smallest absolute Gasteiger partial charge is 0.409 e. The van der Waals surface area contributed by atoms with E-state index in [1.165, 1.54) is 35.8 Å². The molecule has 2 rings (SSSR count). The zero-order chi connectivity index (χ0) is 34.8. The number of rotatable bonds is 19. The minimum absolute atomic E-state index is 0.0373. The van der Waals surface area contributed by atoms with Crippen LogP contribution in [0.3, 0.4) is 0 Å². The number of nitrogens with zero attached hydrogens (tertiary/aromatic N) is 5. The van der Waals surface area contributed by atoms with Crippen LogP contribution in [0.2, 0.25) is 0 Å². The lowest BCUT2D eigenvalue weighted by molar-refractivity contribution is -0.128. The minimum Gasteiger partial charge on any atom is -0.507 e. The van der Waals surface area contributed by atoms with E-state index in [9.17, 15) is 29.1 Å². The van der Waals surface area contributed by atoms with Crippen molar-refractivity contribution in [3.8, 4) is 5.75 Å². The van der Waals surface area contributed by atoms with Crippen molar-refractivity contribution in [3.05, 3.63) is 53.6 Å². The zero-order valence-corrected chi connectivity index (χ0v) is 28.0. The average molecular weight is 654 g/mol. The third kappa shape index (κ3) is 14.9. The fraction of sp³-hybridized carbons (Fsp3) is 0.485. The van der Waals surface area contributed by atoms with Crippen LogP contribution in [0.1, 0.15) is 55.5 Å². The molecule has 2 aromatic carbocycles. The van der Waals surface area contributed by atoms with E-state index in [1.807, 2.05) is 0 Å². The van der Waals surface area contributed by atoms with Crippen LogP contribution in [-0.4, -0.2) is 110 Å². The first-order valence-corrected chi connectivity index (χ1v) is 15.5. The van der Waals surface area contributed by atoms with E-state index in [4.69, 9.17) is 4.74 Å². The van der Waals surface area contributed by atoms with Gasteiger partial charge in [0.1, 0.15) is 12.4 Å². The molecular formula is C33H47N7O7. The molecule has 256 valence electrons. The van der Waals surface area contributed by atoms with Gasteiger partial charge in [0, 0.05) is 67.6 Å². The Morgan fingerprint density at radius 1 is 0.766 bits per heavy atom. The monoisotopic (exact) mass is 653 g/mol. The number of unbranched alkanes of at least 4 members (excludes halogenated alkanes) is 2. The highest BCUT2D eigenvalue weighted by Gasteiger charge is 2.13. The molecule has 4 amide bonds. The van der Waals surface area contributed by atoms with Gasteiger partial charge in [-0.05, 0) is 55.3 Å². The van der Waals surface area contributed by atoms with Crippen LogP contribution >= 0.6 is 0 Å². The van der Waals surface area contributed by atoms with Gasteiger partial charge in [0.2, 0.25) is 17.7 Å². The second kappa shape index (κ2) is 20.3. The Morgan fingerprint density at radius 2 is 1.38 bits per heavy atom. The molecule has 0 fully saturated rings. The molecule has 3 N–H and O–H groups in total. The number of azo groups is 1. The molecule has 0 aliphatic carbocycles. The number of ketones is 1. The first-order chi connectivity index (χ1) is 22.4. The summed E-state index contributed by atoms with van der Waals surface area (Å²) in [6.45, 7) is 5.28. The summed E-state index contributed by atoms with van der Waals surface area (Å²) in [6.07, 6.45) is 2.22. The maximum absolute atomic E-state index is 12.7. The third-order valence-electron chi connectivity index (χ3n) is 7.33. The van der Waals surface area contributed by atoms with Crippen molar-refractivity contribution in [2.75, 3.05) is 60.4 Å². The standard InChI is InChI=1S/C33H47N7O7/c1-24(41)38(3)18-17-35-32(45)9-7-6-8-16-34-22-31(44)29-21-28(14-15-30(29)43)37-36-27-12-10-26(11-13-27)23-47-33(46)40(5)20-19-39(4)25(2)42/h10-15,21,34,43H,6-9,16-20,22-23H2,1-5H3,(H,35,45). The lowest BCUT2D eigenvalue weighted by atomic mass is 10.1. The molecule has 0 aromatic heterocycles. The SMILES string of the molecule is CC(=O)N(C)CCNC(=O)CCCCCNCC(=O)c1cc(N=Nc2ccc(COC(=O)N(C)CCN(C)C(C)=O)cc2)ccc1O. The predicted molar refractivity (Wildman–Crippen MR) is 177 cm³/mol. The van der Waals surface area contributed by atoms with E-state index < -0.39 is 6.09 Å². The van der Waals surface area contributed by atoms with Crippen LogP contribution < -0.4 is 10.6 Å². The quantitative estimate of drug-likeness (QED) is 0.117. The number of amides is 4. The summed E-state index contributed by atoms with van der Waals surface area (Å²) in [4.78, 5) is 63.8. The van der Waals surface area contributed by atoms with E-state index in [0.29, 0.717) is 56.9 Å². The molecule has 0 spiro atoms. The van der Waals surface area contributed by atoms with E-state index in [2.05, 4.69) is 20.9 Å². The molecule has 0 saturated carbocycles. The summed E-state index contributed by atoms with van der Waals surface area (Å²) in [5, 5.41) is 24.5. The molecule has 0 saturated heterocycles. The predicted octanol–water partition coefficient (Wildman–Crippen LogP) is 3.78. The molecule has 14 heteroatoms. The average Bonchev–Trinajstić information content (AvgIpc) is 3.05. The van der Waals surface area contributed by atoms with Gasteiger partial charge < -0.3 is 35.2 Å². The summed E-state index contributed by atoms with van der Waals surface area (Å²) in [6, 6.07) is 11.4. The Hall–Kier alpha value is -4.85. The van der Waals surface area contributed by atoms with E-state index in [-0.39, 0.29) is 48.0 Å². The molecule has 0 unspecified atom stereocenters. The van der Waals surface area contributed by atoms with Gasteiger partial charge in [-0.15, -0.1) is 0 Å². The third-order valence-corrected chi connectivity index (χ3v) is 7.33. The number of phenolic OH excluding ortho intramolecular Hbond substituents is 1. The lowest BCUT2D eigenvalue weighted by Gasteiger charge is -2.21. The summed E-state index contributed by atoms with van der Waals surface area (Å²) in [7, 11) is 4.96. The number of aromatic hydroxyl groups is 1. The Morgan fingerprint density at radius 3 is 2.06 bits per heavy atom. The van der Waals surface area contributed by atoms with Gasteiger partial charge in [-0.3, -0.25) is 19.2 Å². The summed E-state index contributed by atoms with van der Waals surface area (Å²) in [5.41, 5.74) is 1.84. The van der Waals surface area contributed by atoms with Gasteiger partial charge in [-0.2, -0.15) is 10.2 Å². The number of carbonyl (C=O) groups is 5. The van der Waals surface area contributed by atoms with Crippen molar-refractivity contribution >= 4 is 41.0 Å². The van der Waals surface area contributed by atoms with E-state index >= 15 is 0 Å². The van der Waals surface area contributed by atoms with Gasteiger partial charge in [0.25, 0.3) is 0 Å². The van der Waals surface area contributed by atoms with E-state index in [1.54, 1.807) is 56.4 Å². The molecule has 0 aliphatic heterocycles. The summed E-state index contributed by atoms with van der Waals surface area (Å²) in [5.74, 6) is -0.612. The highest BCUT2D eigenvalue weighted by molar-refractivity contribution is 6.00. The van der Waals surface area contributed by atoms with Crippen LogP contribution in [0.25, 0.3) is 0 Å². The zero-order valence-electron chi connectivity index (χ0n) is 28.0. The number of Topliss-reactive ketones (excluding diaryl/α,β-unsaturated/α-hetero) is 1. The maximum Gasteiger partial charge on any atom is 0.409 e. The van der Waals surface area contributed by atoms with Crippen molar-refractivity contribution in [2.45, 2.75) is 46.1 Å². The Balaban J connectivity index is 1.73. The van der Waals surface area contributed by atoms with Crippen LogP contribution in [0.4, 0.5) is 16.2 Å². The number of nitrogens with one attached hydrogen (secondary N) is 2. The van der Waals surface area contributed by atoms with Crippen molar-refractivity contribution in [1.29, 1.82) is 0 Å². The Kier molecular flexibility index (Phi) is 16.6. The summed E-state index contributed by atoms with van der Waals surface area (Å²) >= 11 is 0. The molecule has 0 aliphatic rings. The molecule has 47 heavy (non-hydrogen) atoms. The molecule has 0 atom stereocenters. The second-order valence-electron chi connectivity index (χ2n) is 11.2. The molecule has 2 aromatic rings. The normalized spacial score (nSPS) is 10.8. The minimum atomic E-state index is -0.497. The van der Waals surface area contributed by atoms with Crippen molar-refractivity contribution in [3.63, 3.8) is 0 Å². The second-order valence-corrected chi connectivity index (χ2v) is 11.2. The van der Waals surface area contributed by atoms with E-state index in [0.717, 1.165) is 18.4 Å². The maximum atomic E-state index is 12.7. The molecule has 0 radical (unpaired) electrons. The van der Waals surface area contributed by atoms with Crippen molar-refractivity contribution in [2.24, 2.45) is 10.2 Å². The number of phenols is 1. The number of benzene rings is 2. The fourth-order valence-corrected chi connectivity index (χ4v) is 4.01. The highest BCUT2D eigenvalue weighted by atomic mass is 16.6. The van der Waals surface area contributed by atoms with Gasteiger partial charge in [0.05, 0.1) is 23.5 Å². The van der Waals surface area contributed by atoms with Crippen LogP contribution in [0, 0.1) is 0 Å². The Labute approximate surface area is 276 Å². The lowest BCUT2D eigenvalue weighted by Crippen LogP contribution is -2.36. The first-order valence-electron chi connectivity index (χ1n) is 15.5. The molecule has 0 bridgehead atoms. The number of hydrogen-bond acceptors (Lipinski definition) is 10. The van der Waals surface area contributed by atoms with Gasteiger partial charge >= 0.3 is 6.09 Å². The number of likely N-dealkylation sites (N-methyl/N-ethyl adjacent to an activating group) is 3. The van der Waals surface area contributed by atoms with Gasteiger partial charge in [0.15, 0.2) is 5.78 Å². The number of hydrogen-bond donors (Lipinski definition) is 3. The fourth-order valence-electron chi connectivity index (χ4n) is 4.01. The molecular weight excluding hydrogens is 606 g/mol. The molecule has 0 heterocycles. The number of ether oxygens (including phenoxy) is 1. The molecule has 14 nitrogen and oxygen atoms in total. The van der Waals surface area contributed by atoms with Crippen molar-refractivity contribution < 1.29 is 33.8 Å². The van der Waals surface area contributed by atoms with Gasteiger partial charge in [-0.1, -0.05) is 18.6 Å². The topological polar surface area (TPSA) is 173 Å². The summed E-state index contributed by atoms with van der Waals surface area (Å²) < 4.78 is 5.33. The van der Waals surface area contributed by atoms with Crippen LogP contribution in [-0.2, 0) is 25.7 Å². The largest absolute Gasteiger partial charge is 0.507 e.